The zero-order valence-corrected chi connectivity index (χ0v) is 13.0. The number of rotatable bonds is 3. The largest absolute Gasteiger partial charge is 0.328 e. The van der Waals surface area contributed by atoms with E-state index >= 15 is 0 Å². The fourth-order valence-corrected chi connectivity index (χ4v) is 3.37. The molecule has 0 radical (unpaired) electrons. The lowest BCUT2D eigenvalue weighted by Gasteiger charge is -2.17. The number of fused-ring (bicyclic) bond motifs is 1. The third-order valence-electron chi connectivity index (χ3n) is 3.79. The van der Waals surface area contributed by atoms with E-state index in [0.29, 0.717) is 17.2 Å². The fourth-order valence-electron chi connectivity index (χ4n) is 2.64. The molecule has 2 atom stereocenters. The minimum Gasteiger partial charge on any atom is -0.328 e. The fraction of sp³-hybridized carbons (Fsp3) is 0.538. The summed E-state index contributed by atoms with van der Waals surface area (Å²) < 4.78 is 0.707. The molecule has 3 N–H and O–H groups in total. The van der Waals surface area contributed by atoms with E-state index in [1.54, 1.807) is 0 Å². The Morgan fingerprint density at radius 2 is 2.45 bits per heavy atom. The van der Waals surface area contributed by atoms with Crippen molar-refractivity contribution < 1.29 is 0 Å². The Hall–Kier alpha value is -0.950. The number of halogens is 1. The highest BCUT2D eigenvalue weighted by molar-refractivity contribution is 7.17. The molecule has 0 saturated carbocycles. The van der Waals surface area contributed by atoms with Crippen LogP contribution in [0.4, 0.5) is 0 Å². The zero-order valence-electron chi connectivity index (χ0n) is 11.3. The van der Waals surface area contributed by atoms with Crippen molar-refractivity contribution in [3.63, 3.8) is 0 Å². The molecule has 0 amide bonds. The molecular weight excluding hydrogens is 296 g/mol. The summed E-state index contributed by atoms with van der Waals surface area (Å²) in [5, 5.41) is 1.90. The van der Waals surface area contributed by atoms with Crippen molar-refractivity contribution in [2.24, 2.45) is 11.7 Å². The number of aromatic nitrogens is 2. The molecule has 0 spiro atoms. The molecule has 3 rings (SSSR count). The van der Waals surface area contributed by atoms with Gasteiger partial charge in [0.1, 0.15) is 10.5 Å². The number of nitrogens with one attached hydrogen (secondary N) is 1. The second kappa shape index (κ2) is 6.22. The van der Waals surface area contributed by atoms with Crippen molar-refractivity contribution in [2.45, 2.75) is 25.9 Å². The van der Waals surface area contributed by atoms with E-state index in [-0.39, 0.29) is 24.0 Å². The van der Waals surface area contributed by atoms with Crippen molar-refractivity contribution in [1.29, 1.82) is 0 Å². The summed E-state index contributed by atoms with van der Waals surface area (Å²) >= 11 is 1.43. The molecule has 1 fully saturated rings. The van der Waals surface area contributed by atoms with Gasteiger partial charge in [0.15, 0.2) is 0 Å². The quantitative estimate of drug-likeness (QED) is 0.902. The second-order valence-electron chi connectivity index (χ2n) is 5.29. The number of hydrogen-bond acceptors (Lipinski definition) is 5. The molecule has 1 aliphatic heterocycles. The van der Waals surface area contributed by atoms with E-state index in [9.17, 15) is 4.79 Å². The van der Waals surface area contributed by atoms with Gasteiger partial charge >= 0.3 is 0 Å². The van der Waals surface area contributed by atoms with E-state index < -0.39 is 0 Å². The molecule has 1 aliphatic rings. The third-order valence-corrected chi connectivity index (χ3v) is 4.69. The molecule has 2 unspecified atom stereocenters. The van der Waals surface area contributed by atoms with Gasteiger partial charge in [0.05, 0.1) is 12.1 Å². The van der Waals surface area contributed by atoms with Crippen LogP contribution in [0.1, 0.15) is 19.2 Å². The second-order valence-corrected chi connectivity index (χ2v) is 6.21. The number of thiophene rings is 1. The van der Waals surface area contributed by atoms with Gasteiger partial charge in [-0.25, -0.2) is 4.98 Å². The average molecular weight is 315 g/mol. The van der Waals surface area contributed by atoms with Gasteiger partial charge in [0.2, 0.25) is 0 Å². The molecule has 2 aromatic heterocycles. The molecule has 3 heterocycles. The lowest BCUT2D eigenvalue weighted by molar-refractivity contribution is 0.301. The number of likely N-dealkylation sites (tertiary alicyclic amines) is 1. The molecule has 1 saturated heterocycles. The number of hydrogen-bond donors (Lipinski definition) is 2. The molecule has 0 aliphatic carbocycles. The molecule has 7 heteroatoms. The van der Waals surface area contributed by atoms with Gasteiger partial charge in [0, 0.05) is 12.6 Å². The maximum Gasteiger partial charge on any atom is 0.268 e. The number of aromatic amines is 1. The highest BCUT2D eigenvalue weighted by Gasteiger charge is 2.25. The van der Waals surface area contributed by atoms with Crippen molar-refractivity contribution in [2.75, 3.05) is 13.1 Å². The molecule has 5 nitrogen and oxygen atoms in total. The van der Waals surface area contributed by atoms with Crippen LogP contribution < -0.4 is 11.3 Å². The summed E-state index contributed by atoms with van der Waals surface area (Å²) in [6.07, 6.45) is 1.13. The normalized spacial score (nSPS) is 21.0. The first-order valence-corrected chi connectivity index (χ1v) is 7.46. The van der Waals surface area contributed by atoms with Gasteiger partial charge in [-0.2, -0.15) is 0 Å². The summed E-state index contributed by atoms with van der Waals surface area (Å²) in [4.78, 5) is 21.6. The maximum atomic E-state index is 11.9. The van der Waals surface area contributed by atoms with Gasteiger partial charge in [-0.3, -0.25) is 9.69 Å². The number of H-pyrrole nitrogens is 1. The van der Waals surface area contributed by atoms with Crippen LogP contribution in [0, 0.1) is 5.92 Å². The number of nitrogens with zero attached hydrogens (tertiary/aromatic N) is 2. The molecule has 0 aromatic carbocycles. The predicted molar refractivity (Wildman–Crippen MR) is 84.5 cm³/mol. The van der Waals surface area contributed by atoms with E-state index in [1.165, 1.54) is 11.3 Å². The Morgan fingerprint density at radius 1 is 1.65 bits per heavy atom. The van der Waals surface area contributed by atoms with Gasteiger partial charge in [-0.05, 0) is 37.3 Å². The Kier molecular flexibility index (Phi) is 4.80. The summed E-state index contributed by atoms with van der Waals surface area (Å²) in [7, 11) is 0. The molecule has 0 bridgehead atoms. The predicted octanol–water partition coefficient (Wildman–Crippen LogP) is 1.58. The van der Waals surface area contributed by atoms with Crippen LogP contribution in [0.2, 0.25) is 0 Å². The summed E-state index contributed by atoms with van der Waals surface area (Å²) in [6.45, 7) is 4.77. The van der Waals surface area contributed by atoms with Gasteiger partial charge in [-0.15, -0.1) is 23.7 Å². The molecular formula is C13H19ClN4OS. The first-order chi connectivity index (χ1) is 9.13. The van der Waals surface area contributed by atoms with Crippen LogP contribution in [-0.4, -0.2) is 34.0 Å². The highest BCUT2D eigenvalue weighted by Crippen LogP contribution is 2.20. The number of nitrogens with two attached hydrogens (primary N) is 1. The SMILES string of the molecule is CC(N)C1CCN(Cc2nc3ccsc3c(=O)[nH]2)C1.Cl. The average Bonchev–Trinajstić information content (AvgIpc) is 2.97. The van der Waals surface area contributed by atoms with Gasteiger partial charge < -0.3 is 10.7 Å². The van der Waals surface area contributed by atoms with Crippen LogP contribution in [0.25, 0.3) is 10.2 Å². The van der Waals surface area contributed by atoms with Crippen molar-refractivity contribution in [3.05, 3.63) is 27.6 Å². The summed E-state index contributed by atoms with van der Waals surface area (Å²) in [5.74, 6) is 1.30. The van der Waals surface area contributed by atoms with Gasteiger partial charge in [-0.1, -0.05) is 0 Å². The molecule has 2 aromatic rings. The topological polar surface area (TPSA) is 75.0 Å². The first kappa shape index (κ1) is 15.4. The Morgan fingerprint density at radius 3 is 3.15 bits per heavy atom. The van der Waals surface area contributed by atoms with Crippen LogP contribution in [0.5, 0.6) is 0 Å². The van der Waals surface area contributed by atoms with Crippen molar-refractivity contribution >= 4 is 34.0 Å². The molecule has 20 heavy (non-hydrogen) atoms. The summed E-state index contributed by atoms with van der Waals surface area (Å²) in [6, 6.07) is 2.13. The Balaban J connectivity index is 0.00000147. The first-order valence-electron chi connectivity index (χ1n) is 6.58. The van der Waals surface area contributed by atoms with Gasteiger partial charge in [0.25, 0.3) is 5.56 Å². The zero-order chi connectivity index (χ0) is 13.4. The highest BCUT2D eigenvalue weighted by atomic mass is 35.5. The lowest BCUT2D eigenvalue weighted by atomic mass is 10.0. The minimum atomic E-state index is -0.0297. The van der Waals surface area contributed by atoms with Crippen molar-refractivity contribution in [3.8, 4) is 0 Å². The van der Waals surface area contributed by atoms with E-state index in [1.807, 2.05) is 11.4 Å². The van der Waals surface area contributed by atoms with E-state index in [4.69, 9.17) is 5.73 Å². The van der Waals surface area contributed by atoms with Crippen LogP contribution in [0.3, 0.4) is 0 Å². The van der Waals surface area contributed by atoms with Crippen molar-refractivity contribution in [1.82, 2.24) is 14.9 Å². The summed E-state index contributed by atoms with van der Waals surface area (Å²) in [5.41, 5.74) is 6.71. The molecule has 110 valence electrons. The third kappa shape index (κ3) is 3.03. The van der Waals surface area contributed by atoms with E-state index in [2.05, 4.69) is 21.8 Å². The Bertz CT molecular complexity index is 639. The minimum absolute atomic E-state index is 0. The maximum absolute atomic E-state index is 11.9. The van der Waals surface area contributed by atoms with Crippen LogP contribution in [0.15, 0.2) is 16.2 Å². The smallest absolute Gasteiger partial charge is 0.268 e. The lowest BCUT2D eigenvalue weighted by Crippen LogP contribution is -2.30. The van der Waals surface area contributed by atoms with E-state index in [0.717, 1.165) is 30.9 Å². The van der Waals surface area contributed by atoms with Crippen LogP contribution in [-0.2, 0) is 6.54 Å². The van der Waals surface area contributed by atoms with Crippen LogP contribution >= 0.6 is 23.7 Å². The monoisotopic (exact) mass is 314 g/mol. The standard InChI is InChI=1S/C13H18N4OS.ClH/c1-8(14)9-2-4-17(6-9)7-11-15-10-3-5-19-12(10)13(18)16-11;/h3,5,8-9H,2,4,6-7,14H2,1H3,(H,15,16,18);1H. The Labute approximate surface area is 127 Å².